The second-order valence-corrected chi connectivity index (χ2v) is 8.84. The van der Waals surface area contributed by atoms with Gasteiger partial charge in [-0.05, 0) is 42.3 Å². The molecule has 0 bridgehead atoms. The van der Waals surface area contributed by atoms with Crippen molar-refractivity contribution in [1.82, 2.24) is 14.7 Å². The first kappa shape index (κ1) is 20.5. The maximum absolute atomic E-state index is 13.5. The fourth-order valence-corrected chi connectivity index (χ4v) is 4.89. The third-order valence-electron chi connectivity index (χ3n) is 6.69. The smallest absolute Gasteiger partial charge is 0.240 e. The van der Waals surface area contributed by atoms with Gasteiger partial charge >= 0.3 is 0 Å². The molecular formula is C25H31N3O3. The van der Waals surface area contributed by atoms with Crippen LogP contribution in [0.5, 0.6) is 5.75 Å². The Kier molecular flexibility index (Phi) is 5.94. The molecule has 5 rings (SSSR count). The van der Waals surface area contributed by atoms with Gasteiger partial charge in [0.2, 0.25) is 5.91 Å². The molecule has 1 fully saturated rings. The second-order valence-electron chi connectivity index (χ2n) is 8.84. The van der Waals surface area contributed by atoms with Gasteiger partial charge in [0, 0.05) is 38.3 Å². The van der Waals surface area contributed by atoms with E-state index in [1.54, 1.807) is 0 Å². The van der Waals surface area contributed by atoms with Crippen molar-refractivity contribution >= 4 is 5.91 Å². The van der Waals surface area contributed by atoms with Crippen LogP contribution in [0.3, 0.4) is 0 Å². The minimum atomic E-state index is -0.118. The molecule has 2 aromatic rings. The minimum absolute atomic E-state index is 0.118. The molecule has 6 nitrogen and oxygen atoms in total. The van der Waals surface area contributed by atoms with Crippen LogP contribution in [0.1, 0.15) is 22.3 Å². The Morgan fingerprint density at radius 2 is 1.77 bits per heavy atom. The number of benzene rings is 2. The van der Waals surface area contributed by atoms with Crippen LogP contribution in [-0.4, -0.2) is 73.2 Å². The molecule has 3 heterocycles. The number of fused-ring (bicyclic) bond motifs is 2. The molecule has 0 aromatic heterocycles. The zero-order chi connectivity index (χ0) is 21.2. The van der Waals surface area contributed by atoms with Crippen LogP contribution < -0.4 is 4.74 Å². The van der Waals surface area contributed by atoms with E-state index in [0.717, 1.165) is 57.1 Å². The quantitative estimate of drug-likeness (QED) is 0.761. The lowest BCUT2D eigenvalue weighted by Gasteiger charge is -2.36. The van der Waals surface area contributed by atoms with Gasteiger partial charge in [0.05, 0.1) is 25.8 Å². The SMILES string of the molecule is CN1Cc2ccccc2CC1C(=O)N1CCOc2ccc(CN3CCOCC3)cc2C1. The molecule has 31 heavy (non-hydrogen) atoms. The molecule has 3 aliphatic rings. The third kappa shape index (κ3) is 4.47. The summed E-state index contributed by atoms with van der Waals surface area (Å²) >= 11 is 0. The summed E-state index contributed by atoms with van der Waals surface area (Å²) in [4.78, 5) is 20.1. The summed E-state index contributed by atoms with van der Waals surface area (Å²) in [5.41, 5.74) is 4.99. The Hall–Kier alpha value is -2.41. The summed E-state index contributed by atoms with van der Waals surface area (Å²) in [5, 5.41) is 0. The van der Waals surface area contributed by atoms with Crippen molar-refractivity contribution in [2.75, 3.05) is 46.5 Å². The predicted octanol–water partition coefficient (Wildman–Crippen LogP) is 2.30. The number of ether oxygens (including phenoxy) is 2. The van der Waals surface area contributed by atoms with Gasteiger partial charge in [-0.1, -0.05) is 30.3 Å². The van der Waals surface area contributed by atoms with Crippen LogP contribution in [0.4, 0.5) is 0 Å². The van der Waals surface area contributed by atoms with Crippen LogP contribution in [0.2, 0.25) is 0 Å². The number of hydrogen-bond acceptors (Lipinski definition) is 5. The van der Waals surface area contributed by atoms with Gasteiger partial charge in [0.15, 0.2) is 0 Å². The fraction of sp³-hybridized carbons (Fsp3) is 0.480. The number of nitrogens with zero attached hydrogens (tertiary/aromatic N) is 3. The van der Waals surface area contributed by atoms with Crippen molar-refractivity contribution in [3.05, 3.63) is 64.7 Å². The number of likely N-dealkylation sites (N-methyl/N-ethyl adjacent to an activating group) is 1. The molecule has 1 unspecified atom stereocenters. The standard InChI is InChI=1S/C25H31N3O3/c1-26-17-21-5-3-2-4-20(21)15-23(26)25(29)28-10-13-31-24-7-6-19(14-22(24)18-28)16-27-8-11-30-12-9-27/h2-7,14,23H,8-13,15-18H2,1H3. The molecule has 0 saturated carbocycles. The average molecular weight is 422 g/mol. The van der Waals surface area contributed by atoms with Gasteiger partial charge in [-0.3, -0.25) is 14.6 Å². The first-order chi connectivity index (χ1) is 15.2. The number of amides is 1. The van der Waals surface area contributed by atoms with E-state index in [1.165, 1.54) is 16.7 Å². The highest BCUT2D eigenvalue weighted by Gasteiger charge is 2.33. The Labute approximate surface area is 184 Å². The summed E-state index contributed by atoms with van der Waals surface area (Å²) in [6.45, 7) is 7.03. The van der Waals surface area contributed by atoms with E-state index in [9.17, 15) is 4.79 Å². The Morgan fingerprint density at radius 3 is 2.61 bits per heavy atom. The maximum atomic E-state index is 13.5. The predicted molar refractivity (Wildman–Crippen MR) is 119 cm³/mol. The Morgan fingerprint density at radius 1 is 0.968 bits per heavy atom. The molecule has 1 atom stereocenters. The molecule has 0 aliphatic carbocycles. The van der Waals surface area contributed by atoms with Crippen LogP contribution in [-0.2, 0) is 35.6 Å². The van der Waals surface area contributed by atoms with E-state index in [4.69, 9.17) is 9.47 Å². The van der Waals surface area contributed by atoms with E-state index in [-0.39, 0.29) is 11.9 Å². The number of carbonyl (C=O) groups excluding carboxylic acids is 1. The van der Waals surface area contributed by atoms with Gasteiger partial charge in [-0.25, -0.2) is 0 Å². The van der Waals surface area contributed by atoms with E-state index >= 15 is 0 Å². The summed E-state index contributed by atoms with van der Waals surface area (Å²) in [6, 6.07) is 14.8. The largest absolute Gasteiger partial charge is 0.491 e. The Bertz CT molecular complexity index is 941. The molecule has 1 saturated heterocycles. The number of hydrogen-bond donors (Lipinski definition) is 0. The fourth-order valence-electron chi connectivity index (χ4n) is 4.89. The lowest BCUT2D eigenvalue weighted by atomic mass is 9.93. The highest BCUT2D eigenvalue weighted by molar-refractivity contribution is 5.82. The molecule has 164 valence electrons. The second kappa shape index (κ2) is 8.99. The molecule has 3 aliphatic heterocycles. The average Bonchev–Trinajstić information content (AvgIpc) is 3.01. The van der Waals surface area contributed by atoms with E-state index in [0.29, 0.717) is 19.7 Å². The van der Waals surface area contributed by atoms with Crippen molar-refractivity contribution in [1.29, 1.82) is 0 Å². The van der Waals surface area contributed by atoms with Crippen LogP contribution >= 0.6 is 0 Å². The van der Waals surface area contributed by atoms with Crippen molar-refractivity contribution in [2.45, 2.75) is 32.1 Å². The van der Waals surface area contributed by atoms with E-state index in [2.05, 4.69) is 59.3 Å². The van der Waals surface area contributed by atoms with Gasteiger partial charge < -0.3 is 14.4 Å². The molecular weight excluding hydrogens is 390 g/mol. The first-order valence-electron chi connectivity index (χ1n) is 11.3. The molecule has 1 amide bonds. The number of morpholine rings is 1. The normalized spacial score (nSPS) is 22.2. The zero-order valence-corrected chi connectivity index (χ0v) is 18.3. The third-order valence-corrected chi connectivity index (χ3v) is 6.69. The maximum Gasteiger partial charge on any atom is 0.240 e. The lowest BCUT2D eigenvalue weighted by Crippen LogP contribution is -2.50. The van der Waals surface area contributed by atoms with E-state index in [1.807, 2.05) is 4.90 Å². The van der Waals surface area contributed by atoms with Crippen molar-refractivity contribution in [3.8, 4) is 5.75 Å². The van der Waals surface area contributed by atoms with Crippen molar-refractivity contribution in [2.24, 2.45) is 0 Å². The highest BCUT2D eigenvalue weighted by Crippen LogP contribution is 2.28. The number of carbonyl (C=O) groups is 1. The summed E-state index contributed by atoms with van der Waals surface area (Å²) in [6.07, 6.45) is 0.771. The van der Waals surface area contributed by atoms with Gasteiger partial charge in [0.1, 0.15) is 12.4 Å². The summed E-state index contributed by atoms with van der Waals surface area (Å²) in [7, 11) is 2.06. The van der Waals surface area contributed by atoms with Crippen molar-refractivity contribution in [3.63, 3.8) is 0 Å². The summed E-state index contributed by atoms with van der Waals surface area (Å²) < 4.78 is 11.5. The molecule has 2 aromatic carbocycles. The van der Waals surface area contributed by atoms with Gasteiger partial charge in [-0.15, -0.1) is 0 Å². The first-order valence-corrected chi connectivity index (χ1v) is 11.3. The highest BCUT2D eigenvalue weighted by atomic mass is 16.5. The van der Waals surface area contributed by atoms with Crippen LogP contribution in [0.15, 0.2) is 42.5 Å². The number of rotatable bonds is 3. The zero-order valence-electron chi connectivity index (χ0n) is 18.3. The lowest BCUT2D eigenvalue weighted by molar-refractivity contribution is -0.137. The topological polar surface area (TPSA) is 45.2 Å². The van der Waals surface area contributed by atoms with E-state index < -0.39 is 0 Å². The van der Waals surface area contributed by atoms with Crippen LogP contribution in [0, 0.1) is 0 Å². The molecule has 0 radical (unpaired) electrons. The van der Waals surface area contributed by atoms with Crippen LogP contribution in [0.25, 0.3) is 0 Å². The molecule has 0 spiro atoms. The summed E-state index contributed by atoms with van der Waals surface area (Å²) in [5.74, 6) is 1.11. The minimum Gasteiger partial charge on any atom is -0.491 e. The molecule has 0 N–H and O–H groups in total. The molecule has 6 heteroatoms. The van der Waals surface area contributed by atoms with Gasteiger partial charge in [-0.2, -0.15) is 0 Å². The van der Waals surface area contributed by atoms with Crippen molar-refractivity contribution < 1.29 is 14.3 Å². The monoisotopic (exact) mass is 421 g/mol. The Balaban J connectivity index is 1.31. The van der Waals surface area contributed by atoms with Gasteiger partial charge in [0.25, 0.3) is 0 Å².